The van der Waals surface area contributed by atoms with Gasteiger partial charge in [-0.25, -0.2) is 9.07 Å². The van der Waals surface area contributed by atoms with Gasteiger partial charge in [0.15, 0.2) is 5.82 Å². The molecule has 0 spiro atoms. The van der Waals surface area contributed by atoms with Crippen LogP contribution in [-0.4, -0.2) is 58.4 Å². The van der Waals surface area contributed by atoms with Gasteiger partial charge in [0.1, 0.15) is 23.9 Å². The average molecular weight is 485 g/mol. The van der Waals surface area contributed by atoms with Crippen molar-refractivity contribution in [2.24, 2.45) is 0 Å². The fourth-order valence-corrected chi connectivity index (χ4v) is 4.27. The van der Waals surface area contributed by atoms with E-state index in [-0.39, 0.29) is 24.3 Å². The van der Waals surface area contributed by atoms with E-state index < -0.39 is 0 Å². The van der Waals surface area contributed by atoms with Crippen LogP contribution in [-0.2, 0) is 6.54 Å². The molecule has 2 aromatic heterocycles. The molecule has 3 heterocycles. The summed E-state index contributed by atoms with van der Waals surface area (Å²) in [5, 5.41) is 12.5. The highest BCUT2D eigenvalue weighted by atomic mass is 35.5. The summed E-state index contributed by atoms with van der Waals surface area (Å²) in [6.07, 6.45) is 1.63. The lowest BCUT2D eigenvalue weighted by molar-refractivity contribution is 0.200. The van der Waals surface area contributed by atoms with Crippen LogP contribution in [0.2, 0.25) is 0 Å². The number of halogens is 2. The van der Waals surface area contributed by atoms with E-state index in [4.69, 9.17) is 9.15 Å². The zero-order chi connectivity index (χ0) is 22.6. The molecule has 8 nitrogen and oxygen atoms in total. The molecule has 0 N–H and O–H groups in total. The summed E-state index contributed by atoms with van der Waals surface area (Å²) >= 11 is 0. The van der Waals surface area contributed by atoms with Crippen LogP contribution < -0.4 is 9.64 Å². The summed E-state index contributed by atoms with van der Waals surface area (Å²) < 4.78 is 26.2. The minimum atomic E-state index is -0.267. The van der Waals surface area contributed by atoms with Gasteiger partial charge >= 0.3 is 0 Å². The van der Waals surface area contributed by atoms with E-state index in [0.717, 1.165) is 48.9 Å². The van der Waals surface area contributed by atoms with E-state index in [1.54, 1.807) is 18.1 Å². The predicted octanol–water partition coefficient (Wildman–Crippen LogP) is 3.80. The van der Waals surface area contributed by atoms with Gasteiger partial charge in [-0.05, 0) is 64.5 Å². The van der Waals surface area contributed by atoms with Crippen LogP contribution in [0.25, 0.3) is 0 Å². The van der Waals surface area contributed by atoms with Crippen molar-refractivity contribution in [3.05, 3.63) is 89.9 Å². The van der Waals surface area contributed by atoms with Crippen LogP contribution in [0.1, 0.15) is 23.2 Å². The molecule has 0 bridgehead atoms. The van der Waals surface area contributed by atoms with Crippen molar-refractivity contribution in [2.45, 2.75) is 12.6 Å². The molecule has 178 valence electrons. The minimum absolute atomic E-state index is 0. The molecule has 2 aromatic carbocycles. The van der Waals surface area contributed by atoms with Gasteiger partial charge in [-0.2, -0.15) is 0 Å². The number of nitrogens with zero attached hydrogens (tertiary/aromatic N) is 6. The van der Waals surface area contributed by atoms with Crippen LogP contribution >= 0.6 is 12.4 Å². The van der Waals surface area contributed by atoms with E-state index in [0.29, 0.717) is 12.4 Å². The van der Waals surface area contributed by atoms with Crippen LogP contribution in [0.15, 0.2) is 71.3 Å². The number of furan rings is 1. The van der Waals surface area contributed by atoms with Gasteiger partial charge in [0.05, 0.1) is 19.4 Å². The Morgan fingerprint density at radius 2 is 1.74 bits per heavy atom. The maximum atomic E-state index is 13.7. The smallest absolute Gasteiger partial charge is 0.173 e. The number of hydrogen-bond acceptors (Lipinski definition) is 7. The number of tetrazole rings is 1. The first-order chi connectivity index (χ1) is 16.2. The van der Waals surface area contributed by atoms with Gasteiger partial charge in [-0.1, -0.05) is 12.1 Å². The summed E-state index contributed by atoms with van der Waals surface area (Å²) in [6, 6.07) is 18.2. The van der Waals surface area contributed by atoms with Crippen molar-refractivity contribution < 1.29 is 13.5 Å². The van der Waals surface area contributed by atoms with Crippen LogP contribution in [0.4, 0.5) is 10.1 Å². The quantitative estimate of drug-likeness (QED) is 0.395. The van der Waals surface area contributed by atoms with Gasteiger partial charge < -0.3 is 14.1 Å². The van der Waals surface area contributed by atoms with Crippen molar-refractivity contribution in [3.8, 4) is 5.75 Å². The van der Waals surface area contributed by atoms with Crippen molar-refractivity contribution in [2.75, 3.05) is 38.2 Å². The van der Waals surface area contributed by atoms with Crippen LogP contribution in [0.3, 0.4) is 0 Å². The summed E-state index contributed by atoms with van der Waals surface area (Å²) in [6.45, 7) is 3.75. The summed E-state index contributed by atoms with van der Waals surface area (Å²) in [5.41, 5.74) is 2.11. The number of anilines is 1. The highest BCUT2D eigenvalue weighted by Crippen LogP contribution is 2.30. The normalized spacial score (nSPS) is 15.1. The lowest BCUT2D eigenvalue weighted by Gasteiger charge is -2.40. The molecule has 10 heteroatoms. The van der Waals surface area contributed by atoms with Gasteiger partial charge in [-0.15, -0.1) is 17.5 Å². The van der Waals surface area contributed by atoms with Gasteiger partial charge in [0, 0.05) is 31.9 Å². The van der Waals surface area contributed by atoms with Gasteiger partial charge in [-0.3, -0.25) is 4.90 Å². The number of aromatic nitrogens is 4. The Morgan fingerprint density at radius 3 is 2.38 bits per heavy atom. The van der Waals surface area contributed by atoms with E-state index in [1.807, 2.05) is 36.4 Å². The topological polar surface area (TPSA) is 72.5 Å². The summed E-state index contributed by atoms with van der Waals surface area (Å²) in [4.78, 5) is 4.70. The second-order valence-electron chi connectivity index (χ2n) is 7.95. The third-order valence-electron chi connectivity index (χ3n) is 5.99. The Labute approximate surface area is 203 Å². The molecule has 0 amide bonds. The Balaban J connectivity index is 0.00000274. The Kier molecular flexibility index (Phi) is 7.44. The van der Waals surface area contributed by atoms with Crippen LogP contribution in [0, 0.1) is 5.82 Å². The second-order valence-corrected chi connectivity index (χ2v) is 7.95. The summed E-state index contributed by atoms with van der Waals surface area (Å²) in [5.74, 6) is 2.05. The first-order valence-corrected chi connectivity index (χ1v) is 10.9. The molecule has 1 saturated heterocycles. The molecular formula is C24H26ClFN6O2. The maximum Gasteiger partial charge on any atom is 0.173 e. The first-order valence-electron chi connectivity index (χ1n) is 10.9. The Bertz CT molecular complexity index is 1160. The molecule has 0 radical (unpaired) electrons. The highest BCUT2D eigenvalue weighted by Gasteiger charge is 2.31. The minimum Gasteiger partial charge on any atom is -0.497 e. The Hall–Kier alpha value is -3.43. The summed E-state index contributed by atoms with van der Waals surface area (Å²) in [7, 11) is 1.67. The molecule has 1 aliphatic heterocycles. The molecular weight excluding hydrogens is 459 g/mol. The molecule has 34 heavy (non-hydrogen) atoms. The molecule has 5 rings (SSSR count). The van der Waals surface area contributed by atoms with Crippen molar-refractivity contribution in [3.63, 3.8) is 0 Å². The molecule has 1 fully saturated rings. The number of ether oxygens (including phenoxy) is 1. The predicted molar refractivity (Wildman–Crippen MR) is 128 cm³/mol. The maximum absolute atomic E-state index is 13.7. The lowest BCUT2D eigenvalue weighted by Crippen LogP contribution is -2.48. The standard InChI is InChI=1S/C24H25FN6O2.ClH/c1-32-21-10-8-20(9-11-21)29-12-14-30(15-13-29)23(18-4-6-19(25)7-5-18)24-26-27-28-31(24)17-22-3-2-16-33-22;/h2-11,16,23H,12-15,17H2,1H3;1H. The SMILES string of the molecule is COc1ccc(N2CCN(C(c3ccc(F)cc3)c3nnnn3Cc3ccco3)CC2)cc1.Cl. The van der Waals surface area contributed by atoms with Crippen molar-refractivity contribution >= 4 is 18.1 Å². The van der Waals surface area contributed by atoms with Crippen molar-refractivity contribution in [1.29, 1.82) is 0 Å². The molecule has 4 aromatic rings. The average Bonchev–Trinajstić information content (AvgIpc) is 3.54. The zero-order valence-corrected chi connectivity index (χ0v) is 19.6. The first kappa shape index (κ1) is 23.7. The molecule has 0 aliphatic carbocycles. The number of piperazine rings is 1. The van der Waals surface area contributed by atoms with E-state index in [2.05, 4.69) is 37.5 Å². The van der Waals surface area contributed by atoms with Crippen LogP contribution in [0.5, 0.6) is 5.75 Å². The molecule has 1 unspecified atom stereocenters. The number of benzene rings is 2. The molecule has 1 atom stereocenters. The largest absolute Gasteiger partial charge is 0.497 e. The number of rotatable bonds is 7. The zero-order valence-electron chi connectivity index (χ0n) is 18.7. The number of methoxy groups -OCH3 is 1. The highest BCUT2D eigenvalue weighted by molar-refractivity contribution is 5.85. The monoisotopic (exact) mass is 484 g/mol. The van der Waals surface area contributed by atoms with E-state index in [1.165, 1.54) is 12.1 Å². The van der Waals surface area contributed by atoms with Gasteiger partial charge in [0.25, 0.3) is 0 Å². The molecule has 0 saturated carbocycles. The van der Waals surface area contributed by atoms with E-state index >= 15 is 0 Å². The van der Waals surface area contributed by atoms with E-state index in [9.17, 15) is 4.39 Å². The Morgan fingerprint density at radius 1 is 1.00 bits per heavy atom. The fourth-order valence-electron chi connectivity index (χ4n) is 4.27. The van der Waals surface area contributed by atoms with Crippen molar-refractivity contribution in [1.82, 2.24) is 25.1 Å². The van der Waals surface area contributed by atoms with Gasteiger partial charge in [0.2, 0.25) is 0 Å². The third-order valence-corrected chi connectivity index (χ3v) is 5.99. The number of hydrogen-bond donors (Lipinski definition) is 0. The third kappa shape index (κ3) is 5.05. The lowest BCUT2D eigenvalue weighted by atomic mass is 10.0. The second kappa shape index (κ2) is 10.7. The fraction of sp³-hybridized carbons (Fsp3) is 0.292. The molecule has 1 aliphatic rings.